The number of benzene rings is 3. The number of allylic oxidation sites excluding steroid dienone is 4. The van der Waals surface area contributed by atoms with Crippen molar-refractivity contribution in [3.05, 3.63) is 102 Å². The molecule has 2 heterocycles. The molecule has 0 spiro atoms. The molecule has 3 unspecified atom stereocenters. The number of hydrogen-bond donors (Lipinski definition) is 0. The van der Waals surface area contributed by atoms with E-state index in [1.54, 1.807) is 16.8 Å². The fourth-order valence-corrected chi connectivity index (χ4v) is 8.42. The zero-order valence-electron chi connectivity index (χ0n) is 23.4. The summed E-state index contributed by atoms with van der Waals surface area (Å²) in [6, 6.07) is 29.2. The highest BCUT2D eigenvalue weighted by Gasteiger charge is 2.57. The van der Waals surface area contributed by atoms with Gasteiger partial charge in [0.15, 0.2) is 0 Å². The van der Waals surface area contributed by atoms with Crippen molar-refractivity contribution in [2.45, 2.75) is 72.4 Å². The molecule has 7 rings (SSSR count). The smallest absolute Gasteiger partial charge is 0.114 e. The molecule has 4 aliphatic rings. The van der Waals surface area contributed by atoms with Crippen molar-refractivity contribution in [3.63, 3.8) is 0 Å². The molecule has 0 radical (unpaired) electrons. The molecule has 2 heteroatoms. The van der Waals surface area contributed by atoms with E-state index in [-0.39, 0.29) is 17.0 Å². The average Bonchev–Trinajstić information content (AvgIpc) is 3.26. The van der Waals surface area contributed by atoms with Crippen LogP contribution < -0.4 is 9.80 Å². The summed E-state index contributed by atoms with van der Waals surface area (Å²) in [4.78, 5) is 5.50. The van der Waals surface area contributed by atoms with Gasteiger partial charge in [-0.1, -0.05) is 100 Å². The lowest BCUT2D eigenvalue weighted by molar-refractivity contribution is 0.129. The molecule has 0 saturated carbocycles. The maximum atomic E-state index is 2.78. The van der Waals surface area contributed by atoms with Gasteiger partial charge in [-0.15, -0.1) is 0 Å². The van der Waals surface area contributed by atoms with Crippen LogP contribution in [0.3, 0.4) is 0 Å². The number of fused-ring (bicyclic) bond motifs is 4. The van der Waals surface area contributed by atoms with Crippen molar-refractivity contribution in [1.29, 1.82) is 0 Å². The molecule has 194 valence electrons. The van der Waals surface area contributed by atoms with Gasteiger partial charge in [0.25, 0.3) is 0 Å². The summed E-state index contributed by atoms with van der Waals surface area (Å²) in [7, 11) is 0. The third kappa shape index (κ3) is 3.19. The van der Waals surface area contributed by atoms with Crippen molar-refractivity contribution in [2.24, 2.45) is 16.7 Å². The van der Waals surface area contributed by atoms with Gasteiger partial charge in [0, 0.05) is 22.6 Å². The largest absolute Gasteiger partial charge is 0.321 e. The first-order valence-electron chi connectivity index (χ1n) is 14.8. The molecule has 0 amide bonds. The fourth-order valence-electron chi connectivity index (χ4n) is 8.42. The van der Waals surface area contributed by atoms with Crippen LogP contribution in [0.1, 0.15) is 66.2 Å². The second kappa shape index (κ2) is 8.63. The summed E-state index contributed by atoms with van der Waals surface area (Å²) < 4.78 is 0. The summed E-state index contributed by atoms with van der Waals surface area (Å²) in [5, 5.41) is 0. The lowest BCUT2D eigenvalue weighted by Crippen LogP contribution is -2.56. The van der Waals surface area contributed by atoms with Crippen LogP contribution in [0.5, 0.6) is 0 Å². The zero-order chi connectivity index (χ0) is 26.1. The van der Waals surface area contributed by atoms with Crippen LogP contribution in [0.2, 0.25) is 0 Å². The Hall–Kier alpha value is -3.26. The monoisotopic (exact) mass is 500 g/mol. The van der Waals surface area contributed by atoms with Crippen LogP contribution in [-0.2, 0) is 0 Å². The van der Waals surface area contributed by atoms with E-state index in [0.717, 1.165) is 6.42 Å². The van der Waals surface area contributed by atoms with Gasteiger partial charge < -0.3 is 9.80 Å². The SMILES string of the molecule is CCC1C2N(C3=C4C=C(CC3)C(C)(C)CCC41CC)c1ccccc1N2c1ccccc1-c1ccccc1. The van der Waals surface area contributed by atoms with E-state index in [0.29, 0.717) is 5.92 Å². The van der Waals surface area contributed by atoms with Crippen molar-refractivity contribution >= 4 is 17.1 Å². The molecular weight excluding hydrogens is 460 g/mol. The average molecular weight is 501 g/mol. The Labute approximate surface area is 228 Å². The van der Waals surface area contributed by atoms with Gasteiger partial charge in [0.1, 0.15) is 6.17 Å². The van der Waals surface area contributed by atoms with Crippen molar-refractivity contribution in [3.8, 4) is 11.1 Å². The predicted molar refractivity (Wildman–Crippen MR) is 161 cm³/mol. The Bertz CT molecular complexity index is 1440. The summed E-state index contributed by atoms with van der Waals surface area (Å²) >= 11 is 0. The van der Waals surface area contributed by atoms with Crippen LogP contribution in [0.15, 0.2) is 102 Å². The number of rotatable bonds is 4. The Morgan fingerprint density at radius 3 is 2.11 bits per heavy atom. The minimum atomic E-state index is 0.215. The minimum Gasteiger partial charge on any atom is -0.321 e. The molecule has 2 aliphatic heterocycles. The second-order valence-corrected chi connectivity index (χ2v) is 12.5. The molecule has 2 bridgehead atoms. The Morgan fingerprint density at radius 2 is 1.39 bits per heavy atom. The molecule has 3 atom stereocenters. The summed E-state index contributed by atoms with van der Waals surface area (Å²) in [6.07, 6.45) is 10.3. The van der Waals surface area contributed by atoms with Crippen LogP contribution in [0.25, 0.3) is 11.1 Å². The number of nitrogens with zero attached hydrogens (tertiary/aromatic N) is 2. The van der Waals surface area contributed by atoms with Crippen LogP contribution >= 0.6 is 0 Å². The van der Waals surface area contributed by atoms with Crippen molar-refractivity contribution < 1.29 is 0 Å². The van der Waals surface area contributed by atoms with Crippen LogP contribution in [0.4, 0.5) is 17.1 Å². The van der Waals surface area contributed by atoms with E-state index in [4.69, 9.17) is 0 Å². The second-order valence-electron chi connectivity index (χ2n) is 12.5. The van der Waals surface area contributed by atoms with E-state index >= 15 is 0 Å². The zero-order valence-corrected chi connectivity index (χ0v) is 23.4. The molecule has 2 nitrogen and oxygen atoms in total. The molecule has 3 aromatic rings. The standard InChI is InChI=1S/C36H40N2/c1-5-28-34-37(30-17-11-10-16-27(30)25-14-8-7-9-15-25)32-18-12-13-19-33(32)38(34)31-21-20-26-24-29(31)36(28,6-2)23-22-35(26,3)4/h7-19,24,28,34H,5-6,20-23H2,1-4H3. The predicted octanol–water partition coefficient (Wildman–Crippen LogP) is 9.87. The number of anilines is 3. The third-order valence-electron chi connectivity index (χ3n) is 10.5. The summed E-state index contributed by atoms with van der Waals surface area (Å²) in [5.74, 6) is 0.534. The Kier molecular flexibility index (Phi) is 5.41. The fraction of sp³-hybridized carbons (Fsp3) is 0.389. The molecule has 0 saturated heterocycles. The molecular formula is C36H40N2. The quantitative estimate of drug-likeness (QED) is 0.352. The Balaban J connectivity index is 1.50. The van der Waals surface area contributed by atoms with E-state index in [1.807, 2.05) is 0 Å². The van der Waals surface area contributed by atoms with Crippen LogP contribution in [-0.4, -0.2) is 6.17 Å². The summed E-state index contributed by atoms with van der Waals surface area (Å²) in [6.45, 7) is 9.89. The number of hydrogen-bond acceptors (Lipinski definition) is 2. The highest BCUT2D eigenvalue weighted by atomic mass is 15.4. The van der Waals surface area contributed by atoms with Gasteiger partial charge in [-0.25, -0.2) is 0 Å². The van der Waals surface area contributed by atoms with E-state index in [2.05, 4.69) is 122 Å². The first-order chi connectivity index (χ1) is 18.5. The van der Waals surface area contributed by atoms with Gasteiger partial charge in [0.05, 0.1) is 17.1 Å². The molecule has 3 aromatic carbocycles. The molecule has 0 aromatic heterocycles. The minimum absolute atomic E-state index is 0.215. The molecule has 38 heavy (non-hydrogen) atoms. The highest BCUT2D eigenvalue weighted by molar-refractivity contribution is 5.92. The first-order valence-corrected chi connectivity index (χ1v) is 14.8. The Morgan fingerprint density at radius 1 is 0.737 bits per heavy atom. The lowest BCUT2D eigenvalue weighted by Gasteiger charge is -2.55. The van der Waals surface area contributed by atoms with E-state index < -0.39 is 0 Å². The summed E-state index contributed by atoms with van der Waals surface area (Å²) in [5.41, 5.74) is 12.1. The number of para-hydroxylation sites is 3. The van der Waals surface area contributed by atoms with E-state index in [9.17, 15) is 0 Å². The van der Waals surface area contributed by atoms with Crippen molar-refractivity contribution in [2.75, 3.05) is 9.80 Å². The van der Waals surface area contributed by atoms with E-state index in [1.165, 1.54) is 60.3 Å². The van der Waals surface area contributed by atoms with Crippen molar-refractivity contribution in [1.82, 2.24) is 0 Å². The molecule has 0 fully saturated rings. The van der Waals surface area contributed by atoms with Gasteiger partial charge in [-0.05, 0) is 73.3 Å². The van der Waals surface area contributed by atoms with Gasteiger partial charge in [-0.2, -0.15) is 0 Å². The van der Waals surface area contributed by atoms with Crippen LogP contribution in [0, 0.1) is 16.7 Å². The molecule has 2 aliphatic carbocycles. The van der Waals surface area contributed by atoms with Gasteiger partial charge in [0.2, 0.25) is 0 Å². The maximum absolute atomic E-state index is 2.78. The topological polar surface area (TPSA) is 6.48 Å². The first kappa shape index (κ1) is 23.8. The molecule has 0 N–H and O–H groups in total. The third-order valence-corrected chi connectivity index (χ3v) is 10.5. The van der Waals surface area contributed by atoms with Gasteiger partial charge in [-0.3, -0.25) is 0 Å². The highest BCUT2D eigenvalue weighted by Crippen LogP contribution is 2.64. The normalized spacial score (nSPS) is 27.0. The lowest BCUT2D eigenvalue weighted by atomic mass is 9.60. The van der Waals surface area contributed by atoms with Gasteiger partial charge >= 0.3 is 0 Å². The maximum Gasteiger partial charge on any atom is 0.114 e.